The fraction of sp³-hybridized carbons (Fsp3) is 0.0526. The number of nitrogens with one attached hydrogen (secondary N) is 1. The van der Waals surface area contributed by atoms with Gasteiger partial charge < -0.3 is 4.74 Å². The molecule has 3 rings (SSSR count). The van der Waals surface area contributed by atoms with Crippen molar-refractivity contribution in [2.75, 3.05) is 4.90 Å². The summed E-state index contributed by atoms with van der Waals surface area (Å²) >= 11 is 3.28. The standard InChI is InChI=1S/C19H13BrN2O5/c1-11(23)27-16-5-3-2-4-12(16)10-15-17(24)21-19(26)22(18(15)25)14-8-6-13(20)7-9-14/h2-10H,1H3,(H,21,24,26). The summed E-state index contributed by atoms with van der Waals surface area (Å²) in [4.78, 5) is 49.3. The minimum absolute atomic E-state index is 0.199. The van der Waals surface area contributed by atoms with Crippen LogP contribution < -0.4 is 15.0 Å². The number of imide groups is 2. The molecule has 1 aliphatic heterocycles. The number of amides is 4. The molecule has 1 saturated heterocycles. The predicted molar refractivity (Wildman–Crippen MR) is 101 cm³/mol. The second-order valence-electron chi connectivity index (χ2n) is 5.57. The van der Waals surface area contributed by atoms with E-state index in [-0.39, 0.29) is 11.3 Å². The quantitative estimate of drug-likeness (QED) is 0.351. The first-order chi connectivity index (χ1) is 12.9. The van der Waals surface area contributed by atoms with Crippen molar-refractivity contribution in [2.24, 2.45) is 0 Å². The third-order valence-electron chi connectivity index (χ3n) is 3.66. The van der Waals surface area contributed by atoms with Crippen LogP contribution in [0.1, 0.15) is 12.5 Å². The van der Waals surface area contributed by atoms with Crippen molar-refractivity contribution in [1.29, 1.82) is 0 Å². The number of halogens is 1. The summed E-state index contributed by atoms with van der Waals surface area (Å²) in [6.45, 7) is 1.25. The molecule has 0 radical (unpaired) electrons. The van der Waals surface area contributed by atoms with Gasteiger partial charge >= 0.3 is 12.0 Å². The molecule has 1 heterocycles. The molecule has 2 aromatic carbocycles. The summed E-state index contributed by atoms with van der Waals surface area (Å²) in [6.07, 6.45) is 1.29. The van der Waals surface area contributed by atoms with Crippen LogP contribution >= 0.6 is 15.9 Å². The molecule has 4 amide bonds. The van der Waals surface area contributed by atoms with Crippen LogP contribution in [0.15, 0.2) is 58.6 Å². The number of carbonyl (C=O) groups excluding carboxylic acids is 4. The van der Waals surface area contributed by atoms with Crippen molar-refractivity contribution in [3.05, 3.63) is 64.1 Å². The summed E-state index contributed by atoms with van der Waals surface area (Å²) in [7, 11) is 0. The molecule has 1 aliphatic rings. The van der Waals surface area contributed by atoms with Gasteiger partial charge in [-0.1, -0.05) is 34.1 Å². The van der Waals surface area contributed by atoms with Crippen LogP contribution in [-0.2, 0) is 14.4 Å². The fourth-order valence-electron chi connectivity index (χ4n) is 2.49. The third-order valence-corrected chi connectivity index (χ3v) is 4.19. The van der Waals surface area contributed by atoms with Gasteiger partial charge in [0.1, 0.15) is 11.3 Å². The van der Waals surface area contributed by atoms with E-state index in [1.54, 1.807) is 42.5 Å². The predicted octanol–water partition coefficient (Wildman–Crippen LogP) is 3.04. The highest BCUT2D eigenvalue weighted by Gasteiger charge is 2.36. The molecular weight excluding hydrogens is 416 g/mol. The number of anilines is 1. The maximum Gasteiger partial charge on any atom is 0.335 e. The molecule has 7 nitrogen and oxygen atoms in total. The zero-order valence-electron chi connectivity index (χ0n) is 14.1. The molecule has 0 unspecified atom stereocenters. The molecule has 0 bridgehead atoms. The molecule has 27 heavy (non-hydrogen) atoms. The summed E-state index contributed by atoms with van der Waals surface area (Å²) in [5, 5.41) is 2.14. The van der Waals surface area contributed by atoms with Gasteiger partial charge in [-0.15, -0.1) is 0 Å². The maximum absolute atomic E-state index is 12.8. The van der Waals surface area contributed by atoms with Crippen LogP contribution in [0.3, 0.4) is 0 Å². The number of para-hydroxylation sites is 1. The van der Waals surface area contributed by atoms with E-state index in [9.17, 15) is 19.2 Å². The number of esters is 1. The highest BCUT2D eigenvalue weighted by atomic mass is 79.9. The third kappa shape index (κ3) is 3.95. The minimum Gasteiger partial charge on any atom is -0.426 e. The van der Waals surface area contributed by atoms with Crippen molar-refractivity contribution >= 4 is 51.5 Å². The van der Waals surface area contributed by atoms with Gasteiger partial charge in [-0.25, -0.2) is 9.69 Å². The van der Waals surface area contributed by atoms with Crippen molar-refractivity contribution < 1.29 is 23.9 Å². The zero-order chi connectivity index (χ0) is 19.6. The number of carbonyl (C=O) groups is 4. The van der Waals surface area contributed by atoms with E-state index in [0.717, 1.165) is 9.37 Å². The Labute approximate surface area is 162 Å². The number of urea groups is 1. The number of benzene rings is 2. The van der Waals surface area contributed by atoms with Crippen molar-refractivity contribution in [1.82, 2.24) is 5.32 Å². The molecule has 1 N–H and O–H groups in total. The lowest BCUT2D eigenvalue weighted by Crippen LogP contribution is -2.54. The normalized spacial score (nSPS) is 15.7. The Kier molecular flexibility index (Phi) is 5.18. The molecule has 2 aromatic rings. The number of rotatable bonds is 3. The molecule has 0 aliphatic carbocycles. The summed E-state index contributed by atoms with van der Waals surface area (Å²) in [6, 6.07) is 12.1. The van der Waals surface area contributed by atoms with E-state index in [1.807, 2.05) is 0 Å². The topological polar surface area (TPSA) is 92.8 Å². The van der Waals surface area contributed by atoms with E-state index >= 15 is 0 Å². The van der Waals surface area contributed by atoms with Crippen molar-refractivity contribution in [2.45, 2.75) is 6.92 Å². The van der Waals surface area contributed by atoms with Gasteiger partial charge in [-0.2, -0.15) is 0 Å². The summed E-state index contributed by atoms with van der Waals surface area (Å²) < 4.78 is 5.87. The second kappa shape index (κ2) is 7.55. The Balaban J connectivity index is 2.02. The Morgan fingerprint density at radius 2 is 1.74 bits per heavy atom. The lowest BCUT2D eigenvalue weighted by atomic mass is 10.1. The van der Waals surface area contributed by atoms with Gasteiger partial charge in [-0.05, 0) is 36.4 Å². The first-order valence-corrected chi connectivity index (χ1v) is 8.60. The Morgan fingerprint density at radius 1 is 1.07 bits per heavy atom. The first kappa shape index (κ1) is 18.5. The lowest BCUT2D eigenvalue weighted by molar-refractivity contribution is -0.132. The van der Waals surface area contributed by atoms with E-state index < -0.39 is 23.8 Å². The number of barbiturate groups is 1. The average Bonchev–Trinajstić information content (AvgIpc) is 2.61. The number of hydrogen-bond donors (Lipinski definition) is 1. The van der Waals surface area contributed by atoms with Crippen LogP contribution in [-0.4, -0.2) is 23.8 Å². The van der Waals surface area contributed by atoms with Gasteiger partial charge in [0.05, 0.1) is 5.69 Å². The molecule has 136 valence electrons. The SMILES string of the molecule is CC(=O)Oc1ccccc1C=C1C(=O)NC(=O)N(c2ccc(Br)cc2)C1=O. The van der Waals surface area contributed by atoms with Crippen LogP contribution in [0.5, 0.6) is 5.75 Å². The molecule has 0 aromatic heterocycles. The van der Waals surface area contributed by atoms with Crippen LogP contribution in [0, 0.1) is 0 Å². The molecule has 0 atom stereocenters. The van der Waals surface area contributed by atoms with Gasteiger partial charge in [0.15, 0.2) is 0 Å². The van der Waals surface area contributed by atoms with E-state index in [2.05, 4.69) is 21.2 Å². The maximum atomic E-state index is 12.8. The lowest BCUT2D eigenvalue weighted by Gasteiger charge is -2.26. The van der Waals surface area contributed by atoms with Gasteiger partial charge in [0.25, 0.3) is 11.8 Å². The first-order valence-electron chi connectivity index (χ1n) is 7.81. The van der Waals surface area contributed by atoms with Crippen LogP contribution in [0.4, 0.5) is 10.5 Å². The van der Waals surface area contributed by atoms with Gasteiger partial charge in [-0.3, -0.25) is 19.7 Å². The average molecular weight is 429 g/mol. The van der Waals surface area contributed by atoms with Gasteiger partial charge in [0, 0.05) is 17.0 Å². The largest absolute Gasteiger partial charge is 0.426 e. The Bertz CT molecular complexity index is 982. The van der Waals surface area contributed by atoms with E-state index in [4.69, 9.17) is 4.74 Å². The van der Waals surface area contributed by atoms with E-state index in [0.29, 0.717) is 11.3 Å². The highest BCUT2D eigenvalue weighted by molar-refractivity contribution is 9.10. The molecule has 0 spiro atoms. The van der Waals surface area contributed by atoms with E-state index in [1.165, 1.54) is 19.1 Å². The Hall–Kier alpha value is -3.26. The molecule has 0 saturated carbocycles. The van der Waals surface area contributed by atoms with Crippen molar-refractivity contribution in [3.8, 4) is 5.75 Å². The molecular formula is C19H13BrN2O5. The van der Waals surface area contributed by atoms with Crippen LogP contribution in [0.25, 0.3) is 6.08 Å². The number of hydrogen-bond acceptors (Lipinski definition) is 5. The van der Waals surface area contributed by atoms with Crippen molar-refractivity contribution in [3.63, 3.8) is 0 Å². The van der Waals surface area contributed by atoms with Gasteiger partial charge in [0.2, 0.25) is 0 Å². The fourth-order valence-corrected chi connectivity index (χ4v) is 2.75. The highest BCUT2D eigenvalue weighted by Crippen LogP contribution is 2.26. The minimum atomic E-state index is -0.835. The molecule has 1 fully saturated rings. The molecule has 8 heteroatoms. The summed E-state index contributed by atoms with van der Waals surface area (Å²) in [5.74, 6) is -1.93. The monoisotopic (exact) mass is 428 g/mol. The zero-order valence-corrected chi connectivity index (χ0v) is 15.6. The number of nitrogens with zero attached hydrogens (tertiary/aromatic N) is 1. The van der Waals surface area contributed by atoms with Crippen LogP contribution in [0.2, 0.25) is 0 Å². The smallest absolute Gasteiger partial charge is 0.335 e. The number of ether oxygens (including phenoxy) is 1. The Morgan fingerprint density at radius 3 is 2.41 bits per heavy atom. The summed E-state index contributed by atoms with van der Waals surface area (Å²) in [5.41, 5.74) is 0.417. The second-order valence-corrected chi connectivity index (χ2v) is 6.48.